The minimum absolute atomic E-state index is 0.243. The van der Waals surface area contributed by atoms with Gasteiger partial charge in [0, 0.05) is 5.39 Å². The predicted molar refractivity (Wildman–Crippen MR) is 57.8 cm³/mol. The van der Waals surface area contributed by atoms with Gasteiger partial charge in [-0.25, -0.2) is 4.39 Å². The number of nitrogens with one attached hydrogen (secondary N) is 1. The lowest BCUT2D eigenvalue weighted by Gasteiger charge is -2.22. The van der Waals surface area contributed by atoms with Gasteiger partial charge in [0.25, 0.3) is 0 Å². The first-order valence-corrected chi connectivity index (χ1v) is 4.89. The number of H-pyrrole nitrogens is 1. The summed E-state index contributed by atoms with van der Waals surface area (Å²) in [7, 11) is 6.25. The molecule has 0 aliphatic rings. The number of halogens is 1. The molecule has 2 aromatic rings. The third-order valence-electron chi connectivity index (χ3n) is 2.25. The summed E-state index contributed by atoms with van der Waals surface area (Å²) in [5, 5.41) is 7.78. The molecular formula is C11H15FN3+. The summed E-state index contributed by atoms with van der Waals surface area (Å²) in [6.45, 7) is 0.781. The molecule has 0 spiro atoms. The van der Waals surface area contributed by atoms with Gasteiger partial charge in [-0.05, 0) is 6.07 Å². The molecule has 0 bridgehead atoms. The van der Waals surface area contributed by atoms with Gasteiger partial charge in [0.05, 0.1) is 21.1 Å². The molecule has 3 nitrogen and oxygen atoms in total. The number of fused-ring (bicyclic) bond motifs is 1. The lowest BCUT2D eigenvalue weighted by atomic mass is 10.2. The maximum Gasteiger partial charge on any atom is 0.148 e. The van der Waals surface area contributed by atoms with E-state index in [-0.39, 0.29) is 5.82 Å². The summed E-state index contributed by atoms with van der Waals surface area (Å²) in [6, 6.07) is 5.05. The van der Waals surface area contributed by atoms with Gasteiger partial charge in [-0.3, -0.25) is 5.10 Å². The van der Waals surface area contributed by atoms with Crippen LogP contribution in [0, 0.1) is 5.82 Å². The second-order valence-electron chi connectivity index (χ2n) is 4.78. The zero-order valence-corrected chi connectivity index (χ0v) is 9.21. The monoisotopic (exact) mass is 208 g/mol. The average Bonchev–Trinajstić information content (AvgIpc) is 2.48. The van der Waals surface area contributed by atoms with E-state index in [4.69, 9.17) is 0 Å². The van der Waals surface area contributed by atoms with Crippen molar-refractivity contribution >= 4 is 10.9 Å². The van der Waals surface area contributed by atoms with E-state index in [1.807, 2.05) is 6.07 Å². The zero-order valence-electron chi connectivity index (χ0n) is 9.21. The van der Waals surface area contributed by atoms with E-state index in [1.165, 1.54) is 6.07 Å². The number of quaternary nitrogens is 1. The van der Waals surface area contributed by atoms with Crippen LogP contribution < -0.4 is 0 Å². The summed E-state index contributed by atoms with van der Waals surface area (Å²) in [6.07, 6.45) is 0. The smallest absolute Gasteiger partial charge is 0.148 e. The highest BCUT2D eigenvalue weighted by Gasteiger charge is 2.15. The van der Waals surface area contributed by atoms with Crippen LogP contribution in [0.5, 0.6) is 0 Å². The Bertz CT molecular complexity index is 482. The average molecular weight is 208 g/mol. The first-order chi connectivity index (χ1) is 6.97. The molecule has 1 heterocycles. The van der Waals surface area contributed by atoms with Crippen molar-refractivity contribution in [2.75, 3.05) is 21.1 Å². The first kappa shape index (κ1) is 10.1. The second-order valence-corrected chi connectivity index (χ2v) is 4.78. The molecule has 2 rings (SSSR count). The minimum Gasteiger partial charge on any atom is -0.326 e. The van der Waals surface area contributed by atoms with Gasteiger partial charge >= 0.3 is 0 Å². The Morgan fingerprint density at radius 1 is 1.33 bits per heavy atom. The van der Waals surface area contributed by atoms with E-state index in [9.17, 15) is 4.39 Å². The molecule has 1 aromatic carbocycles. The molecular weight excluding hydrogens is 193 g/mol. The lowest BCUT2D eigenvalue weighted by molar-refractivity contribution is -0.884. The van der Waals surface area contributed by atoms with Crippen molar-refractivity contribution < 1.29 is 8.87 Å². The molecule has 1 N–H and O–H groups in total. The first-order valence-electron chi connectivity index (χ1n) is 4.89. The van der Waals surface area contributed by atoms with Gasteiger partial charge in [-0.1, -0.05) is 12.1 Å². The highest BCUT2D eigenvalue weighted by atomic mass is 19.1. The summed E-state index contributed by atoms with van der Waals surface area (Å²) in [5.74, 6) is -0.243. The van der Waals surface area contributed by atoms with Crippen LogP contribution in [0.4, 0.5) is 4.39 Å². The number of aromatic amines is 1. The van der Waals surface area contributed by atoms with Gasteiger partial charge in [0.15, 0.2) is 0 Å². The molecule has 0 radical (unpaired) electrons. The van der Waals surface area contributed by atoms with Crippen LogP contribution in [0.2, 0.25) is 0 Å². The second kappa shape index (κ2) is 3.31. The molecule has 4 heteroatoms. The highest BCUT2D eigenvalue weighted by Crippen LogP contribution is 2.20. The van der Waals surface area contributed by atoms with E-state index in [2.05, 4.69) is 31.3 Å². The Kier molecular flexibility index (Phi) is 2.23. The van der Waals surface area contributed by atoms with Crippen molar-refractivity contribution in [3.63, 3.8) is 0 Å². The Labute approximate surface area is 88.1 Å². The van der Waals surface area contributed by atoms with Crippen molar-refractivity contribution in [3.8, 4) is 0 Å². The number of aromatic nitrogens is 2. The van der Waals surface area contributed by atoms with Gasteiger partial charge in [-0.15, -0.1) is 0 Å². The quantitative estimate of drug-likeness (QED) is 0.750. The Hall–Kier alpha value is -1.42. The fourth-order valence-electron chi connectivity index (χ4n) is 1.63. The van der Waals surface area contributed by atoms with E-state index >= 15 is 0 Å². The molecule has 0 unspecified atom stereocenters. The summed E-state index contributed by atoms with van der Waals surface area (Å²) >= 11 is 0. The van der Waals surface area contributed by atoms with Gasteiger partial charge in [0.1, 0.15) is 23.6 Å². The lowest BCUT2D eigenvalue weighted by Crippen LogP contribution is -2.33. The molecule has 0 amide bonds. The third kappa shape index (κ3) is 1.99. The number of benzene rings is 1. The number of hydrogen-bond donors (Lipinski definition) is 1. The molecule has 1 aromatic heterocycles. The number of rotatable bonds is 2. The summed E-state index contributed by atoms with van der Waals surface area (Å²) in [5.41, 5.74) is 1.41. The normalized spacial score (nSPS) is 12.3. The van der Waals surface area contributed by atoms with Crippen molar-refractivity contribution in [3.05, 3.63) is 29.7 Å². The van der Waals surface area contributed by atoms with Gasteiger partial charge < -0.3 is 4.48 Å². The van der Waals surface area contributed by atoms with Crippen molar-refractivity contribution in [1.29, 1.82) is 0 Å². The fraction of sp³-hybridized carbons (Fsp3) is 0.364. The Morgan fingerprint density at radius 3 is 2.73 bits per heavy atom. The van der Waals surface area contributed by atoms with Crippen molar-refractivity contribution in [2.24, 2.45) is 0 Å². The standard InChI is InChI=1S/C11H15FN3/c1-15(2,3)7-10-8-5-4-6-9(12)11(8)14-13-10/h4-6H,7H2,1-3H3,(H,13,14)/q+1. The zero-order chi connectivity index (χ0) is 11.1. The molecule has 80 valence electrons. The Balaban J connectivity index is 2.50. The van der Waals surface area contributed by atoms with Crippen LogP contribution in [0.25, 0.3) is 10.9 Å². The summed E-state index contributed by atoms with van der Waals surface area (Å²) in [4.78, 5) is 0. The maximum absolute atomic E-state index is 13.4. The molecule has 0 saturated carbocycles. The number of nitrogens with zero attached hydrogens (tertiary/aromatic N) is 2. The van der Waals surface area contributed by atoms with Gasteiger partial charge in [-0.2, -0.15) is 5.10 Å². The van der Waals surface area contributed by atoms with E-state index in [1.54, 1.807) is 6.07 Å². The molecule has 0 aliphatic carbocycles. The number of hydrogen-bond acceptors (Lipinski definition) is 1. The molecule has 15 heavy (non-hydrogen) atoms. The third-order valence-corrected chi connectivity index (χ3v) is 2.25. The van der Waals surface area contributed by atoms with E-state index in [0.29, 0.717) is 5.52 Å². The topological polar surface area (TPSA) is 28.7 Å². The highest BCUT2D eigenvalue weighted by molar-refractivity contribution is 5.81. The van der Waals surface area contributed by atoms with Crippen LogP contribution in [-0.2, 0) is 6.54 Å². The predicted octanol–water partition coefficient (Wildman–Crippen LogP) is 1.91. The SMILES string of the molecule is C[N+](C)(C)Cc1n[nH]c2c(F)cccc12. The maximum atomic E-state index is 13.4. The number of para-hydroxylation sites is 1. The van der Waals surface area contributed by atoms with Crippen LogP contribution in [0.3, 0.4) is 0 Å². The van der Waals surface area contributed by atoms with Crippen LogP contribution in [-0.4, -0.2) is 35.8 Å². The molecule has 0 fully saturated rings. The van der Waals surface area contributed by atoms with Crippen molar-refractivity contribution in [2.45, 2.75) is 6.54 Å². The van der Waals surface area contributed by atoms with Crippen LogP contribution in [0.1, 0.15) is 5.69 Å². The summed E-state index contributed by atoms with van der Waals surface area (Å²) < 4.78 is 14.1. The molecule has 0 aliphatic heterocycles. The minimum atomic E-state index is -0.243. The van der Waals surface area contributed by atoms with E-state index < -0.39 is 0 Å². The molecule has 0 saturated heterocycles. The molecule has 0 atom stereocenters. The fourth-order valence-corrected chi connectivity index (χ4v) is 1.63. The van der Waals surface area contributed by atoms with Crippen LogP contribution in [0.15, 0.2) is 18.2 Å². The largest absolute Gasteiger partial charge is 0.326 e. The van der Waals surface area contributed by atoms with Crippen LogP contribution >= 0.6 is 0 Å². The van der Waals surface area contributed by atoms with E-state index in [0.717, 1.165) is 22.1 Å². The van der Waals surface area contributed by atoms with Gasteiger partial charge in [0.2, 0.25) is 0 Å². The Morgan fingerprint density at radius 2 is 2.07 bits per heavy atom. The van der Waals surface area contributed by atoms with Crippen molar-refractivity contribution in [1.82, 2.24) is 10.2 Å².